The highest BCUT2D eigenvalue weighted by molar-refractivity contribution is 6.37. The van der Waals surface area contributed by atoms with Gasteiger partial charge in [-0.15, -0.1) is 0 Å². The van der Waals surface area contributed by atoms with Crippen molar-refractivity contribution >= 4 is 40.8 Å². The highest BCUT2D eigenvalue weighted by Gasteiger charge is 2.29. The third-order valence-electron chi connectivity index (χ3n) is 1.99. The first-order valence-corrected chi connectivity index (χ1v) is 4.90. The highest BCUT2D eigenvalue weighted by Crippen LogP contribution is 2.29. The summed E-state index contributed by atoms with van der Waals surface area (Å²) < 4.78 is 0. The van der Waals surface area contributed by atoms with Gasteiger partial charge < -0.3 is 0 Å². The second-order valence-electron chi connectivity index (χ2n) is 3.04. The largest absolute Gasteiger partial charge is 0.329 e. The van der Waals surface area contributed by atoms with Crippen molar-refractivity contribution < 1.29 is 9.59 Å². The van der Waals surface area contributed by atoms with Crippen LogP contribution in [0.4, 0.5) is 10.5 Å². The van der Waals surface area contributed by atoms with Crippen molar-refractivity contribution in [2.75, 3.05) is 11.4 Å². The number of hydrogen-bond acceptors (Lipinski definition) is 2. The van der Waals surface area contributed by atoms with Gasteiger partial charge in [0.05, 0.1) is 10.7 Å². The molecule has 4 nitrogen and oxygen atoms in total. The van der Waals surface area contributed by atoms with Gasteiger partial charge in [0, 0.05) is 5.02 Å². The molecule has 1 aromatic rings. The summed E-state index contributed by atoms with van der Waals surface area (Å²) in [4.78, 5) is 23.6. The van der Waals surface area contributed by atoms with E-state index in [0.717, 1.165) is 0 Å². The summed E-state index contributed by atoms with van der Waals surface area (Å²) in [6.07, 6.45) is 0. The number of halogens is 2. The fraction of sp³-hybridized carbons (Fsp3) is 0.111. The lowest BCUT2D eigenvalue weighted by Gasteiger charge is -2.14. The molecule has 1 heterocycles. The van der Waals surface area contributed by atoms with Crippen LogP contribution in [0.1, 0.15) is 0 Å². The Hall–Kier alpha value is -1.26. The SMILES string of the molecule is O=C1CN(c2ccc(Cl)cc2Cl)C(=O)N1. The molecular formula is C9H6Cl2N2O2. The number of nitrogens with zero attached hydrogens (tertiary/aromatic N) is 1. The first kappa shape index (κ1) is 10.3. The zero-order chi connectivity index (χ0) is 11.0. The lowest BCUT2D eigenvalue weighted by molar-refractivity contribution is -0.117. The third kappa shape index (κ3) is 1.91. The molecule has 15 heavy (non-hydrogen) atoms. The van der Waals surface area contributed by atoms with E-state index in [1.807, 2.05) is 0 Å². The molecule has 1 N–H and O–H groups in total. The van der Waals surface area contributed by atoms with E-state index in [1.165, 1.54) is 11.0 Å². The molecule has 0 aliphatic carbocycles. The first-order chi connectivity index (χ1) is 7.08. The maximum atomic E-state index is 11.3. The number of carbonyl (C=O) groups is 2. The summed E-state index contributed by atoms with van der Waals surface area (Å²) >= 11 is 11.6. The summed E-state index contributed by atoms with van der Waals surface area (Å²) in [6, 6.07) is 4.26. The zero-order valence-electron chi connectivity index (χ0n) is 7.46. The van der Waals surface area contributed by atoms with Gasteiger partial charge in [-0.1, -0.05) is 23.2 Å². The fourth-order valence-electron chi connectivity index (χ4n) is 1.34. The second kappa shape index (κ2) is 3.72. The quantitative estimate of drug-likeness (QED) is 0.769. The van der Waals surface area contributed by atoms with Crippen LogP contribution >= 0.6 is 23.2 Å². The Balaban J connectivity index is 2.38. The maximum absolute atomic E-state index is 11.3. The molecule has 0 unspecified atom stereocenters. The molecule has 1 aliphatic rings. The Kier molecular flexibility index (Phi) is 2.54. The third-order valence-corrected chi connectivity index (χ3v) is 2.53. The zero-order valence-corrected chi connectivity index (χ0v) is 8.97. The van der Waals surface area contributed by atoms with Gasteiger partial charge in [0.1, 0.15) is 6.54 Å². The van der Waals surface area contributed by atoms with E-state index < -0.39 is 6.03 Å². The molecule has 0 aromatic heterocycles. The minimum atomic E-state index is -0.468. The van der Waals surface area contributed by atoms with Gasteiger partial charge in [0.15, 0.2) is 0 Å². The van der Waals surface area contributed by atoms with Crippen molar-refractivity contribution in [1.29, 1.82) is 0 Å². The highest BCUT2D eigenvalue weighted by atomic mass is 35.5. The Morgan fingerprint density at radius 2 is 2.00 bits per heavy atom. The van der Waals surface area contributed by atoms with Crippen LogP contribution < -0.4 is 10.2 Å². The molecule has 6 heteroatoms. The number of carbonyl (C=O) groups excluding carboxylic acids is 2. The second-order valence-corrected chi connectivity index (χ2v) is 3.88. The first-order valence-electron chi connectivity index (χ1n) is 4.14. The minimum Gasteiger partial charge on any atom is -0.283 e. The fourth-order valence-corrected chi connectivity index (χ4v) is 1.85. The molecule has 2 rings (SSSR count). The van der Waals surface area contributed by atoms with E-state index >= 15 is 0 Å². The van der Waals surface area contributed by atoms with Crippen molar-refractivity contribution in [1.82, 2.24) is 5.32 Å². The van der Waals surface area contributed by atoms with E-state index in [0.29, 0.717) is 15.7 Å². The van der Waals surface area contributed by atoms with Crippen molar-refractivity contribution in [3.63, 3.8) is 0 Å². The molecular weight excluding hydrogens is 239 g/mol. The van der Waals surface area contributed by atoms with E-state index in [1.54, 1.807) is 12.1 Å². The normalized spacial score (nSPS) is 15.7. The maximum Gasteiger partial charge on any atom is 0.329 e. The lowest BCUT2D eigenvalue weighted by atomic mass is 10.3. The van der Waals surface area contributed by atoms with Gasteiger partial charge >= 0.3 is 6.03 Å². The molecule has 78 valence electrons. The molecule has 0 bridgehead atoms. The standard InChI is InChI=1S/C9H6Cl2N2O2/c10-5-1-2-7(6(11)3-5)13-4-8(14)12-9(13)15/h1-3H,4H2,(H,12,14,15). The monoisotopic (exact) mass is 244 g/mol. The predicted octanol–water partition coefficient (Wildman–Crippen LogP) is 2.05. The van der Waals surface area contributed by atoms with Crippen LogP contribution in [-0.2, 0) is 4.79 Å². The van der Waals surface area contributed by atoms with Crippen LogP contribution in [0.25, 0.3) is 0 Å². The lowest BCUT2D eigenvalue weighted by Crippen LogP contribution is -2.28. The number of benzene rings is 1. The summed E-state index contributed by atoms with van der Waals surface area (Å²) in [5.41, 5.74) is 0.476. The van der Waals surface area contributed by atoms with Gasteiger partial charge in [0.2, 0.25) is 5.91 Å². The Morgan fingerprint density at radius 1 is 1.27 bits per heavy atom. The van der Waals surface area contributed by atoms with Gasteiger partial charge in [-0.2, -0.15) is 0 Å². The number of imide groups is 1. The topological polar surface area (TPSA) is 49.4 Å². The van der Waals surface area contributed by atoms with Crippen LogP contribution in [0.5, 0.6) is 0 Å². The summed E-state index contributed by atoms with van der Waals surface area (Å²) in [6.45, 7) is -0.0137. The van der Waals surface area contributed by atoms with Crippen LogP contribution in [0.15, 0.2) is 18.2 Å². The Morgan fingerprint density at radius 3 is 2.53 bits per heavy atom. The molecule has 3 amide bonds. The molecule has 0 atom stereocenters. The smallest absolute Gasteiger partial charge is 0.283 e. The van der Waals surface area contributed by atoms with Crippen LogP contribution in [0, 0.1) is 0 Å². The number of urea groups is 1. The average molecular weight is 245 g/mol. The molecule has 0 spiro atoms. The summed E-state index contributed by atoms with van der Waals surface area (Å²) in [7, 11) is 0. The average Bonchev–Trinajstić information content (AvgIpc) is 2.45. The summed E-state index contributed by atoms with van der Waals surface area (Å²) in [5, 5.41) is 2.98. The van der Waals surface area contributed by atoms with E-state index in [9.17, 15) is 9.59 Å². The molecule has 1 aliphatic heterocycles. The molecule has 0 radical (unpaired) electrons. The van der Waals surface area contributed by atoms with Gasteiger partial charge in [-0.05, 0) is 18.2 Å². The van der Waals surface area contributed by atoms with Gasteiger partial charge in [0.25, 0.3) is 0 Å². The van der Waals surface area contributed by atoms with Crippen molar-refractivity contribution in [2.45, 2.75) is 0 Å². The van der Waals surface area contributed by atoms with Gasteiger partial charge in [-0.3, -0.25) is 15.0 Å². The van der Waals surface area contributed by atoms with E-state index in [2.05, 4.69) is 5.32 Å². The number of hydrogen-bond donors (Lipinski definition) is 1. The molecule has 1 saturated heterocycles. The Labute approximate surface area is 95.8 Å². The molecule has 1 aromatic carbocycles. The van der Waals surface area contributed by atoms with E-state index in [4.69, 9.17) is 23.2 Å². The molecule has 1 fully saturated rings. The number of rotatable bonds is 1. The summed E-state index contributed by atoms with van der Waals surface area (Å²) in [5.74, 6) is -0.342. The molecule has 0 saturated carbocycles. The van der Waals surface area contributed by atoms with Crippen molar-refractivity contribution in [3.05, 3.63) is 28.2 Å². The predicted molar refractivity (Wildman–Crippen MR) is 57.3 cm³/mol. The Bertz CT molecular complexity index is 448. The van der Waals surface area contributed by atoms with Crippen LogP contribution in [0.3, 0.4) is 0 Å². The minimum absolute atomic E-state index is 0.0137. The number of nitrogens with one attached hydrogen (secondary N) is 1. The number of anilines is 1. The van der Waals surface area contributed by atoms with Crippen LogP contribution in [-0.4, -0.2) is 18.5 Å². The van der Waals surface area contributed by atoms with Crippen molar-refractivity contribution in [3.8, 4) is 0 Å². The number of amides is 3. The van der Waals surface area contributed by atoms with Gasteiger partial charge in [-0.25, -0.2) is 4.79 Å². The van der Waals surface area contributed by atoms with Crippen molar-refractivity contribution in [2.24, 2.45) is 0 Å². The van der Waals surface area contributed by atoms with E-state index in [-0.39, 0.29) is 12.5 Å². The van der Waals surface area contributed by atoms with Crippen LogP contribution in [0.2, 0.25) is 10.0 Å².